The summed E-state index contributed by atoms with van der Waals surface area (Å²) in [5.74, 6) is 0.0732. The first kappa shape index (κ1) is 18.6. The van der Waals surface area contributed by atoms with Crippen LogP contribution >= 0.6 is 11.6 Å². The van der Waals surface area contributed by atoms with Crippen LogP contribution < -0.4 is 0 Å². The summed E-state index contributed by atoms with van der Waals surface area (Å²) in [5, 5.41) is 0.677. The monoisotopic (exact) mass is 385 g/mol. The Bertz CT molecular complexity index is 806. The molecule has 1 aliphatic heterocycles. The molecule has 0 spiro atoms. The molecule has 0 amide bonds. The fourth-order valence-electron chi connectivity index (χ4n) is 3.80. The fourth-order valence-corrected chi connectivity index (χ4v) is 4.00. The minimum Gasteiger partial charge on any atom is -0.379 e. The SMILES string of the molecule is O=C1C2=CC=CC(OCCN3CCOCC3)C=C2CCc2cc(Cl)ccc21. The normalized spacial score (nSPS) is 23.0. The van der Waals surface area contributed by atoms with Crippen LogP contribution in [0.3, 0.4) is 0 Å². The van der Waals surface area contributed by atoms with E-state index in [1.54, 1.807) is 6.07 Å². The Morgan fingerprint density at radius 1 is 1.22 bits per heavy atom. The number of hydrogen-bond donors (Lipinski definition) is 0. The van der Waals surface area contributed by atoms with E-state index in [9.17, 15) is 4.79 Å². The average molecular weight is 386 g/mol. The summed E-state index contributed by atoms with van der Waals surface area (Å²) in [6.45, 7) is 5.09. The van der Waals surface area contributed by atoms with Crippen LogP contribution in [0.4, 0.5) is 0 Å². The van der Waals surface area contributed by atoms with Gasteiger partial charge in [0.2, 0.25) is 0 Å². The second kappa shape index (κ2) is 8.53. The maximum atomic E-state index is 13.0. The second-order valence-corrected chi connectivity index (χ2v) is 7.51. The van der Waals surface area contributed by atoms with Crippen molar-refractivity contribution in [2.45, 2.75) is 18.9 Å². The smallest absolute Gasteiger partial charge is 0.193 e. The summed E-state index contributed by atoms with van der Waals surface area (Å²) in [5.41, 5.74) is 3.62. The van der Waals surface area contributed by atoms with Crippen molar-refractivity contribution in [2.75, 3.05) is 39.5 Å². The van der Waals surface area contributed by atoms with E-state index in [2.05, 4.69) is 11.0 Å². The van der Waals surface area contributed by atoms with Crippen molar-refractivity contribution < 1.29 is 14.3 Å². The molecule has 142 valence electrons. The molecule has 5 heteroatoms. The Kier molecular flexibility index (Phi) is 5.89. The van der Waals surface area contributed by atoms with Gasteiger partial charge in [-0.3, -0.25) is 9.69 Å². The number of halogens is 1. The second-order valence-electron chi connectivity index (χ2n) is 7.08. The van der Waals surface area contributed by atoms with E-state index in [1.807, 2.05) is 30.4 Å². The molecule has 0 aromatic heterocycles. The molecule has 4 rings (SSSR count). The number of rotatable bonds is 4. The summed E-state index contributed by atoms with van der Waals surface area (Å²) in [7, 11) is 0. The topological polar surface area (TPSA) is 38.8 Å². The van der Waals surface area contributed by atoms with Gasteiger partial charge in [0.1, 0.15) is 0 Å². The van der Waals surface area contributed by atoms with Gasteiger partial charge in [-0.2, -0.15) is 0 Å². The lowest BCUT2D eigenvalue weighted by Crippen LogP contribution is -2.38. The zero-order chi connectivity index (χ0) is 18.6. The zero-order valence-corrected chi connectivity index (χ0v) is 16.1. The van der Waals surface area contributed by atoms with Gasteiger partial charge in [-0.1, -0.05) is 29.8 Å². The third kappa shape index (κ3) is 4.41. The number of nitrogens with zero attached hydrogens (tertiary/aromatic N) is 1. The van der Waals surface area contributed by atoms with Crippen molar-refractivity contribution in [2.24, 2.45) is 0 Å². The molecular formula is C22H24ClNO3. The Hall–Kier alpha value is -1.72. The Morgan fingerprint density at radius 2 is 2.07 bits per heavy atom. The van der Waals surface area contributed by atoms with Crippen LogP contribution in [0.15, 0.2) is 53.6 Å². The molecular weight excluding hydrogens is 362 g/mol. The number of allylic oxidation sites excluding steroid dienone is 4. The van der Waals surface area contributed by atoms with Gasteiger partial charge in [-0.15, -0.1) is 0 Å². The van der Waals surface area contributed by atoms with Gasteiger partial charge in [0.15, 0.2) is 5.78 Å². The molecule has 3 aliphatic rings. The number of fused-ring (bicyclic) bond motifs is 2. The van der Waals surface area contributed by atoms with E-state index in [1.165, 1.54) is 0 Å². The third-order valence-electron chi connectivity index (χ3n) is 5.32. The van der Waals surface area contributed by atoms with Crippen LogP contribution in [0.5, 0.6) is 0 Å². The first-order chi connectivity index (χ1) is 13.2. The molecule has 1 fully saturated rings. The number of aryl methyl sites for hydroxylation is 1. The number of hydrogen-bond acceptors (Lipinski definition) is 4. The lowest BCUT2D eigenvalue weighted by atomic mass is 9.97. The highest BCUT2D eigenvalue weighted by atomic mass is 35.5. The third-order valence-corrected chi connectivity index (χ3v) is 5.55. The molecule has 4 nitrogen and oxygen atoms in total. The van der Waals surface area contributed by atoms with E-state index in [0.717, 1.165) is 68.0 Å². The van der Waals surface area contributed by atoms with Crippen LogP contribution in [-0.2, 0) is 15.9 Å². The standard InChI is InChI=1S/C22H24ClNO3/c23-18-6-7-21-16(14-18)4-5-17-15-19(2-1-3-20(17)22(21)25)27-13-10-24-8-11-26-12-9-24/h1-3,6-7,14-15,19H,4-5,8-13H2. The van der Waals surface area contributed by atoms with E-state index >= 15 is 0 Å². The molecule has 1 heterocycles. The predicted molar refractivity (Wildman–Crippen MR) is 106 cm³/mol. The fraction of sp³-hybridized carbons (Fsp3) is 0.409. The number of carbonyl (C=O) groups excluding carboxylic acids is 1. The molecule has 2 aliphatic carbocycles. The highest BCUT2D eigenvalue weighted by molar-refractivity contribution is 6.31. The van der Waals surface area contributed by atoms with Crippen LogP contribution in [0.25, 0.3) is 0 Å². The predicted octanol–water partition coefficient (Wildman–Crippen LogP) is 3.61. The first-order valence-corrected chi connectivity index (χ1v) is 9.93. The molecule has 0 N–H and O–H groups in total. The Balaban J connectivity index is 1.45. The summed E-state index contributed by atoms with van der Waals surface area (Å²) >= 11 is 6.12. The van der Waals surface area contributed by atoms with Crippen molar-refractivity contribution in [1.82, 2.24) is 4.90 Å². The average Bonchev–Trinajstić information content (AvgIpc) is 2.95. The van der Waals surface area contributed by atoms with Crippen LogP contribution in [0, 0.1) is 0 Å². The summed E-state index contributed by atoms with van der Waals surface area (Å²) in [6.07, 6.45) is 9.50. The van der Waals surface area contributed by atoms with Crippen molar-refractivity contribution in [3.63, 3.8) is 0 Å². The lowest BCUT2D eigenvalue weighted by Gasteiger charge is -2.26. The molecule has 1 unspecified atom stereocenters. The summed E-state index contributed by atoms with van der Waals surface area (Å²) < 4.78 is 11.5. The van der Waals surface area contributed by atoms with E-state index < -0.39 is 0 Å². The Morgan fingerprint density at radius 3 is 2.93 bits per heavy atom. The number of ether oxygens (including phenoxy) is 2. The quantitative estimate of drug-likeness (QED) is 0.793. The number of benzene rings is 1. The summed E-state index contributed by atoms with van der Waals surface area (Å²) in [6, 6.07) is 5.54. The number of ketones is 1. The van der Waals surface area contributed by atoms with Gasteiger partial charge in [-0.25, -0.2) is 0 Å². The maximum absolute atomic E-state index is 13.0. The van der Waals surface area contributed by atoms with Crippen molar-refractivity contribution in [1.29, 1.82) is 0 Å². The largest absolute Gasteiger partial charge is 0.379 e. The van der Waals surface area contributed by atoms with Gasteiger partial charge >= 0.3 is 0 Å². The molecule has 1 aromatic carbocycles. The maximum Gasteiger partial charge on any atom is 0.193 e. The van der Waals surface area contributed by atoms with Gasteiger partial charge in [0.25, 0.3) is 0 Å². The van der Waals surface area contributed by atoms with E-state index in [0.29, 0.717) is 11.6 Å². The minimum atomic E-state index is -0.104. The van der Waals surface area contributed by atoms with Crippen LogP contribution in [0.2, 0.25) is 5.02 Å². The highest BCUT2D eigenvalue weighted by Gasteiger charge is 2.25. The van der Waals surface area contributed by atoms with Gasteiger partial charge in [0.05, 0.1) is 25.9 Å². The zero-order valence-electron chi connectivity index (χ0n) is 15.3. The molecule has 0 bridgehead atoms. The number of morpholine rings is 1. The van der Waals surface area contributed by atoms with Gasteiger partial charge < -0.3 is 9.47 Å². The molecule has 27 heavy (non-hydrogen) atoms. The van der Waals surface area contributed by atoms with Crippen molar-refractivity contribution >= 4 is 17.4 Å². The highest BCUT2D eigenvalue weighted by Crippen LogP contribution is 2.31. The van der Waals surface area contributed by atoms with Crippen LogP contribution in [0.1, 0.15) is 22.3 Å². The van der Waals surface area contributed by atoms with E-state index in [-0.39, 0.29) is 11.9 Å². The number of carbonyl (C=O) groups is 1. The molecule has 1 aromatic rings. The van der Waals surface area contributed by atoms with Crippen molar-refractivity contribution in [3.05, 3.63) is 69.8 Å². The molecule has 1 saturated heterocycles. The van der Waals surface area contributed by atoms with Crippen LogP contribution in [-0.4, -0.2) is 56.2 Å². The van der Waals surface area contributed by atoms with Gasteiger partial charge in [-0.05, 0) is 48.3 Å². The lowest BCUT2D eigenvalue weighted by molar-refractivity contribution is 0.0172. The van der Waals surface area contributed by atoms with E-state index in [4.69, 9.17) is 21.1 Å². The van der Waals surface area contributed by atoms with Crippen molar-refractivity contribution in [3.8, 4) is 0 Å². The Labute approximate surface area is 165 Å². The molecule has 0 radical (unpaired) electrons. The minimum absolute atomic E-state index is 0.0732. The molecule has 1 atom stereocenters. The van der Waals surface area contributed by atoms with Gasteiger partial charge in [0, 0.05) is 35.8 Å². The number of Topliss-reactive ketones (excluding diaryl/α,β-unsaturated/α-hetero) is 1. The first-order valence-electron chi connectivity index (χ1n) is 9.55. The summed E-state index contributed by atoms with van der Waals surface area (Å²) in [4.78, 5) is 15.4. The molecule has 0 saturated carbocycles.